The first-order valence-corrected chi connectivity index (χ1v) is 7.74. The molecule has 2 aromatic rings. The smallest absolute Gasteiger partial charge is 0.201 e. The molecule has 0 N–H and O–H groups in total. The van der Waals surface area contributed by atoms with Crippen molar-refractivity contribution >= 4 is 11.6 Å². The molecule has 4 heteroatoms. The third-order valence-electron chi connectivity index (χ3n) is 3.67. The molecule has 0 bridgehead atoms. The van der Waals surface area contributed by atoms with Gasteiger partial charge in [-0.2, -0.15) is 0 Å². The van der Waals surface area contributed by atoms with Gasteiger partial charge in [0.25, 0.3) is 0 Å². The SMILES string of the molecule is Cn1cccc1C(=O)/C=C/CCC/C=C/C(=O)c1cccn1C. The molecule has 4 nitrogen and oxygen atoms in total. The summed E-state index contributed by atoms with van der Waals surface area (Å²) in [7, 11) is 3.71. The zero-order valence-electron chi connectivity index (χ0n) is 13.6. The minimum Gasteiger partial charge on any atom is -0.348 e. The van der Waals surface area contributed by atoms with Crippen LogP contribution in [0, 0.1) is 0 Å². The molecule has 0 saturated heterocycles. The second kappa shape index (κ2) is 8.13. The predicted molar refractivity (Wildman–Crippen MR) is 91.6 cm³/mol. The Kier molecular flexibility index (Phi) is 5.92. The first-order chi connectivity index (χ1) is 11.1. The van der Waals surface area contributed by atoms with Gasteiger partial charge in [0.05, 0.1) is 11.4 Å². The van der Waals surface area contributed by atoms with Crippen LogP contribution in [0.3, 0.4) is 0 Å². The molecule has 120 valence electrons. The van der Waals surface area contributed by atoms with Crippen molar-refractivity contribution in [1.82, 2.24) is 9.13 Å². The van der Waals surface area contributed by atoms with E-state index in [1.807, 2.05) is 72.0 Å². The summed E-state index contributed by atoms with van der Waals surface area (Å²) in [5, 5.41) is 0. The zero-order valence-corrected chi connectivity index (χ0v) is 13.6. The molecule has 2 aromatic heterocycles. The molecule has 0 atom stereocenters. The molecular weight excluding hydrogens is 288 g/mol. The number of carbonyl (C=O) groups excluding carboxylic acids is 2. The summed E-state index contributed by atoms with van der Waals surface area (Å²) in [6.45, 7) is 0. The summed E-state index contributed by atoms with van der Waals surface area (Å²) in [6, 6.07) is 7.33. The van der Waals surface area contributed by atoms with Gasteiger partial charge in [0.15, 0.2) is 0 Å². The van der Waals surface area contributed by atoms with Crippen LogP contribution in [0.2, 0.25) is 0 Å². The molecule has 0 spiro atoms. The van der Waals surface area contributed by atoms with Crippen molar-refractivity contribution in [3.8, 4) is 0 Å². The molecule has 0 aliphatic heterocycles. The van der Waals surface area contributed by atoms with Gasteiger partial charge < -0.3 is 9.13 Å². The maximum absolute atomic E-state index is 11.9. The van der Waals surface area contributed by atoms with E-state index in [0.717, 1.165) is 19.3 Å². The van der Waals surface area contributed by atoms with E-state index in [1.165, 1.54) is 0 Å². The molecule has 0 amide bonds. The highest BCUT2D eigenvalue weighted by Crippen LogP contribution is 2.05. The average molecular weight is 310 g/mol. The quantitative estimate of drug-likeness (QED) is 0.424. The number of hydrogen-bond donors (Lipinski definition) is 0. The Balaban J connectivity index is 1.70. The van der Waals surface area contributed by atoms with Crippen LogP contribution in [-0.4, -0.2) is 20.7 Å². The Morgan fingerprint density at radius 2 is 1.30 bits per heavy atom. The van der Waals surface area contributed by atoms with E-state index in [2.05, 4.69) is 0 Å². The Hall–Kier alpha value is -2.62. The molecule has 23 heavy (non-hydrogen) atoms. The molecular formula is C19H22N2O2. The van der Waals surface area contributed by atoms with E-state index < -0.39 is 0 Å². The lowest BCUT2D eigenvalue weighted by Crippen LogP contribution is -2.01. The average Bonchev–Trinajstić information content (AvgIpc) is 3.14. The number of rotatable bonds is 8. The highest BCUT2D eigenvalue weighted by atomic mass is 16.1. The van der Waals surface area contributed by atoms with E-state index in [9.17, 15) is 9.59 Å². The predicted octanol–water partition coefficient (Wildman–Crippen LogP) is 3.71. The lowest BCUT2D eigenvalue weighted by atomic mass is 10.1. The van der Waals surface area contributed by atoms with E-state index >= 15 is 0 Å². The van der Waals surface area contributed by atoms with Crippen LogP contribution in [0.25, 0.3) is 0 Å². The Morgan fingerprint density at radius 3 is 1.65 bits per heavy atom. The summed E-state index contributed by atoms with van der Waals surface area (Å²) in [5.74, 6) is 0.0406. The zero-order chi connectivity index (χ0) is 16.7. The first kappa shape index (κ1) is 16.7. The largest absolute Gasteiger partial charge is 0.348 e. The molecule has 0 radical (unpaired) electrons. The van der Waals surface area contributed by atoms with Gasteiger partial charge in [0, 0.05) is 26.5 Å². The summed E-state index contributed by atoms with van der Waals surface area (Å²) in [4.78, 5) is 23.8. The van der Waals surface area contributed by atoms with Crippen LogP contribution in [0.1, 0.15) is 40.2 Å². The van der Waals surface area contributed by atoms with Crippen molar-refractivity contribution in [2.75, 3.05) is 0 Å². The number of aryl methyl sites for hydroxylation is 2. The van der Waals surface area contributed by atoms with E-state index in [-0.39, 0.29) is 11.6 Å². The molecule has 2 heterocycles. The van der Waals surface area contributed by atoms with Crippen LogP contribution in [0.15, 0.2) is 61.0 Å². The highest BCUT2D eigenvalue weighted by Gasteiger charge is 2.04. The summed E-state index contributed by atoms with van der Waals surface area (Å²) in [5.41, 5.74) is 1.38. The number of nitrogens with zero attached hydrogens (tertiary/aromatic N) is 2. The number of allylic oxidation sites excluding steroid dienone is 4. The van der Waals surface area contributed by atoms with E-state index in [4.69, 9.17) is 0 Å². The Morgan fingerprint density at radius 1 is 0.870 bits per heavy atom. The molecule has 0 unspecified atom stereocenters. The lowest BCUT2D eigenvalue weighted by Gasteiger charge is -1.98. The molecule has 0 fully saturated rings. The molecule has 0 aliphatic rings. The molecule has 0 aliphatic carbocycles. The Labute approximate surface area is 136 Å². The fraction of sp³-hybridized carbons (Fsp3) is 0.263. The number of ketones is 2. The number of unbranched alkanes of at least 4 members (excludes halogenated alkanes) is 2. The topological polar surface area (TPSA) is 44.0 Å². The van der Waals surface area contributed by atoms with Crippen molar-refractivity contribution < 1.29 is 9.59 Å². The lowest BCUT2D eigenvalue weighted by molar-refractivity contribution is 0.103. The second-order valence-electron chi connectivity index (χ2n) is 5.47. The van der Waals surface area contributed by atoms with Gasteiger partial charge in [-0.3, -0.25) is 9.59 Å². The third kappa shape index (κ3) is 4.68. The van der Waals surface area contributed by atoms with E-state index in [0.29, 0.717) is 11.4 Å². The van der Waals surface area contributed by atoms with Gasteiger partial charge in [-0.25, -0.2) is 0 Å². The molecule has 0 aromatic carbocycles. The second-order valence-corrected chi connectivity index (χ2v) is 5.47. The summed E-state index contributed by atoms with van der Waals surface area (Å²) < 4.78 is 3.62. The van der Waals surface area contributed by atoms with Gasteiger partial charge in [-0.05, 0) is 55.7 Å². The maximum atomic E-state index is 11.9. The molecule has 0 saturated carbocycles. The van der Waals surface area contributed by atoms with Crippen molar-refractivity contribution in [1.29, 1.82) is 0 Å². The van der Waals surface area contributed by atoms with Crippen LogP contribution >= 0.6 is 0 Å². The fourth-order valence-electron chi connectivity index (χ4n) is 2.34. The number of hydrogen-bond acceptors (Lipinski definition) is 2. The minimum atomic E-state index is 0.0203. The minimum absolute atomic E-state index is 0.0203. The summed E-state index contributed by atoms with van der Waals surface area (Å²) >= 11 is 0. The maximum Gasteiger partial charge on any atom is 0.201 e. The molecule has 2 rings (SSSR count). The van der Waals surface area contributed by atoms with Gasteiger partial charge in [0.1, 0.15) is 0 Å². The van der Waals surface area contributed by atoms with Gasteiger partial charge in [-0.15, -0.1) is 0 Å². The van der Waals surface area contributed by atoms with Crippen LogP contribution in [0.5, 0.6) is 0 Å². The number of aromatic nitrogens is 2. The van der Waals surface area contributed by atoms with Crippen molar-refractivity contribution in [2.45, 2.75) is 19.3 Å². The van der Waals surface area contributed by atoms with Gasteiger partial charge >= 0.3 is 0 Å². The Bertz CT molecular complexity index is 670. The highest BCUT2D eigenvalue weighted by molar-refractivity contribution is 6.03. The van der Waals surface area contributed by atoms with Crippen LogP contribution in [0.4, 0.5) is 0 Å². The first-order valence-electron chi connectivity index (χ1n) is 7.74. The van der Waals surface area contributed by atoms with Crippen molar-refractivity contribution in [2.24, 2.45) is 14.1 Å². The van der Waals surface area contributed by atoms with Crippen LogP contribution < -0.4 is 0 Å². The number of carbonyl (C=O) groups is 2. The van der Waals surface area contributed by atoms with Crippen molar-refractivity contribution in [3.05, 3.63) is 72.4 Å². The van der Waals surface area contributed by atoms with Crippen LogP contribution in [-0.2, 0) is 14.1 Å². The normalized spacial score (nSPS) is 11.6. The van der Waals surface area contributed by atoms with Crippen molar-refractivity contribution in [3.63, 3.8) is 0 Å². The fourth-order valence-corrected chi connectivity index (χ4v) is 2.34. The van der Waals surface area contributed by atoms with E-state index in [1.54, 1.807) is 12.2 Å². The van der Waals surface area contributed by atoms with Gasteiger partial charge in [0.2, 0.25) is 11.6 Å². The summed E-state index contributed by atoms with van der Waals surface area (Å²) in [6.07, 6.45) is 13.3. The third-order valence-corrected chi connectivity index (χ3v) is 3.67. The standard InChI is InChI=1S/C19H22N2O2/c1-20-14-8-10-16(20)18(22)12-6-4-3-5-7-13-19(23)17-11-9-15-21(17)2/h6-15H,3-5H2,1-2H3/b12-6+,13-7+. The van der Waals surface area contributed by atoms with Gasteiger partial charge in [-0.1, -0.05) is 12.2 Å². The monoisotopic (exact) mass is 310 g/mol.